The molecule has 3 heteroatoms. The molecule has 80 valence electrons. The van der Waals surface area contributed by atoms with Crippen LogP contribution in [0.15, 0.2) is 55.6 Å². The lowest BCUT2D eigenvalue weighted by Gasteiger charge is -2.19. The molecule has 0 aliphatic rings. The molecular weight excluding hydrogens is 239 g/mol. The van der Waals surface area contributed by atoms with Gasteiger partial charge in [0.25, 0.3) is 0 Å². The molecule has 0 aliphatic heterocycles. The Kier molecular flexibility index (Phi) is 5.38. The summed E-state index contributed by atoms with van der Waals surface area (Å²) in [6.45, 7) is 7.54. The Bertz CT molecular complexity index is 370. The Morgan fingerprint density at radius 3 is 2.40 bits per heavy atom. The molecule has 0 spiro atoms. The van der Waals surface area contributed by atoms with Crippen molar-refractivity contribution in [3.8, 4) is 0 Å². The molecule has 0 saturated carbocycles. The number of allylic oxidation sites excluding steroid dienone is 1. The lowest BCUT2D eigenvalue weighted by Crippen LogP contribution is -2.03. The van der Waals surface area contributed by atoms with Crippen LogP contribution in [-0.2, 0) is 11.8 Å². The maximum absolute atomic E-state index is 5.79. The van der Waals surface area contributed by atoms with Gasteiger partial charge in [0.1, 0.15) is 0 Å². The SMILES string of the molecule is C=CCSP(=S)(CC=C)c1ccccc1. The van der Waals surface area contributed by atoms with E-state index in [0.29, 0.717) is 0 Å². The van der Waals surface area contributed by atoms with Gasteiger partial charge in [0.05, 0.1) is 0 Å². The first-order valence-corrected chi connectivity index (χ1v) is 9.32. The van der Waals surface area contributed by atoms with Gasteiger partial charge in [0, 0.05) is 17.2 Å². The average molecular weight is 254 g/mol. The van der Waals surface area contributed by atoms with Crippen LogP contribution in [0.4, 0.5) is 0 Å². The van der Waals surface area contributed by atoms with Crippen LogP contribution in [0.5, 0.6) is 0 Å². The molecule has 0 saturated heterocycles. The monoisotopic (exact) mass is 254 g/mol. The van der Waals surface area contributed by atoms with Crippen LogP contribution in [-0.4, -0.2) is 11.9 Å². The summed E-state index contributed by atoms with van der Waals surface area (Å²) >= 11 is 7.63. The van der Waals surface area contributed by atoms with Crippen molar-refractivity contribution in [2.75, 3.05) is 11.9 Å². The maximum atomic E-state index is 5.79. The largest absolute Gasteiger partial charge is 0.115 e. The lowest BCUT2D eigenvalue weighted by atomic mass is 10.4. The average Bonchev–Trinajstić information content (AvgIpc) is 2.28. The Morgan fingerprint density at radius 2 is 1.87 bits per heavy atom. The Hall–Kier alpha value is -0.300. The van der Waals surface area contributed by atoms with Gasteiger partial charge in [-0.05, 0) is 5.30 Å². The zero-order valence-corrected chi connectivity index (χ0v) is 11.2. The Balaban J connectivity index is 2.95. The van der Waals surface area contributed by atoms with Gasteiger partial charge < -0.3 is 0 Å². The first kappa shape index (κ1) is 12.8. The fourth-order valence-corrected chi connectivity index (χ4v) is 6.72. The maximum Gasteiger partial charge on any atom is 0.0376 e. The highest BCUT2D eigenvalue weighted by Crippen LogP contribution is 2.57. The molecule has 1 unspecified atom stereocenters. The van der Waals surface area contributed by atoms with E-state index in [1.54, 1.807) is 0 Å². The molecule has 1 aromatic rings. The first-order valence-electron chi connectivity index (χ1n) is 4.74. The van der Waals surface area contributed by atoms with Crippen LogP contribution in [0.25, 0.3) is 0 Å². The van der Waals surface area contributed by atoms with Crippen LogP contribution < -0.4 is 5.30 Å². The highest BCUT2D eigenvalue weighted by atomic mass is 32.9. The van der Waals surface area contributed by atoms with Crippen molar-refractivity contribution in [3.05, 3.63) is 55.6 Å². The molecule has 1 atom stereocenters. The van der Waals surface area contributed by atoms with Gasteiger partial charge in [-0.25, -0.2) is 0 Å². The van der Waals surface area contributed by atoms with Gasteiger partial charge in [0.15, 0.2) is 0 Å². The van der Waals surface area contributed by atoms with Crippen molar-refractivity contribution in [2.24, 2.45) is 0 Å². The summed E-state index contributed by atoms with van der Waals surface area (Å²) in [5.41, 5.74) is 0. The molecule has 0 amide bonds. The summed E-state index contributed by atoms with van der Waals surface area (Å²) in [5, 5.41) is -0.244. The van der Waals surface area contributed by atoms with Gasteiger partial charge >= 0.3 is 0 Å². The molecule has 15 heavy (non-hydrogen) atoms. The van der Waals surface area contributed by atoms with Crippen LogP contribution >= 0.6 is 16.6 Å². The molecular formula is C12H15PS2. The van der Waals surface area contributed by atoms with Gasteiger partial charge in [-0.15, -0.1) is 24.5 Å². The summed E-state index contributed by atoms with van der Waals surface area (Å²) in [6.07, 6.45) is 4.76. The zero-order valence-electron chi connectivity index (χ0n) is 8.63. The molecule has 0 N–H and O–H groups in total. The number of benzene rings is 1. The summed E-state index contributed by atoms with van der Waals surface area (Å²) < 4.78 is 0. The third-order valence-corrected chi connectivity index (χ3v) is 9.35. The number of hydrogen-bond donors (Lipinski definition) is 0. The minimum absolute atomic E-state index is 0.908. The summed E-state index contributed by atoms with van der Waals surface area (Å²) in [6, 6.07) is 10.4. The van der Waals surface area contributed by atoms with E-state index >= 15 is 0 Å². The van der Waals surface area contributed by atoms with E-state index < -0.39 is 5.24 Å². The van der Waals surface area contributed by atoms with Gasteiger partial charge in [-0.1, -0.05) is 54.3 Å². The molecule has 0 heterocycles. The van der Waals surface area contributed by atoms with E-state index in [9.17, 15) is 0 Å². The Morgan fingerprint density at radius 1 is 1.20 bits per heavy atom. The predicted molar refractivity (Wildman–Crippen MR) is 78.1 cm³/mol. The summed E-state index contributed by atoms with van der Waals surface area (Å²) in [4.78, 5) is 0. The number of hydrogen-bond acceptors (Lipinski definition) is 2. The van der Waals surface area contributed by atoms with E-state index in [4.69, 9.17) is 11.8 Å². The van der Waals surface area contributed by atoms with Gasteiger partial charge in [0.2, 0.25) is 0 Å². The first-order chi connectivity index (χ1) is 7.23. The molecule has 0 aromatic heterocycles. The topological polar surface area (TPSA) is 0 Å². The highest BCUT2D eigenvalue weighted by molar-refractivity contribution is 8.73. The zero-order chi connectivity index (χ0) is 11.1. The van der Waals surface area contributed by atoms with Crippen molar-refractivity contribution in [2.45, 2.75) is 0 Å². The summed E-state index contributed by atoms with van der Waals surface area (Å²) in [7, 11) is 0. The van der Waals surface area contributed by atoms with Crippen molar-refractivity contribution in [1.82, 2.24) is 0 Å². The lowest BCUT2D eigenvalue weighted by molar-refractivity contribution is 1.74. The van der Waals surface area contributed by atoms with Crippen LogP contribution in [0.2, 0.25) is 0 Å². The van der Waals surface area contributed by atoms with Crippen LogP contribution in [0, 0.1) is 0 Å². The van der Waals surface area contributed by atoms with E-state index in [1.807, 2.05) is 41.7 Å². The third-order valence-electron chi connectivity index (χ3n) is 1.92. The fraction of sp³-hybridized carbons (Fsp3) is 0.167. The smallest absolute Gasteiger partial charge is 0.0376 e. The molecule has 0 bridgehead atoms. The second-order valence-corrected chi connectivity index (χ2v) is 11.1. The van der Waals surface area contributed by atoms with Gasteiger partial charge in [-0.2, -0.15) is 0 Å². The minimum Gasteiger partial charge on any atom is -0.115 e. The number of rotatable bonds is 6. The third kappa shape index (κ3) is 3.64. The second kappa shape index (κ2) is 6.32. The van der Waals surface area contributed by atoms with E-state index in [2.05, 4.69) is 25.3 Å². The van der Waals surface area contributed by atoms with Crippen molar-refractivity contribution >= 4 is 33.7 Å². The standard InChI is InChI=1S/C12H15PS2/c1-3-10-13(14,15-11-4-2)12-8-6-5-7-9-12/h3-9H,1-2,10-11H2. The molecule has 1 rings (SSSR count). The van der Waals surface area contributed by atoms with E-state index in [-0.39, 0.29) is 0 Å². The molecule has 0 radical (unpaired) electrons. The van der Waals surface area contributed by atoms with Crippen LogP contribution in [0.1, 0.15) is 0 Å². The Labute approximate surface area is 101 Å². The van der Waals surface area contributed by atoms with Crippen molar-refractivity contribution < 1.29 is 0 Å². The van der Waals surface area contributed by atoms with E-state index in [1.165, 1.54) is 5.30 Å². The highest BCUT2D eigenvalue weighted by Gasteiger charge is 2.17. The molecule has 0 fully saturated rings. The van der Waals surface area contributed by atoms with E-state index in [0.717, 1.165) is 11.9 Å². The molecule has 0 nitrogen and oxygen atoms in total. The normalized spacial score (nSPS) is 14.1. The van der Waals surface area contributed by atoms with Crippen molar-refractivity contribution in [1.29, 1.82) is 0 Å². The van der Waals surface area contributed by atoms with Crippen LogP contribution in [0.3, 0.4) is 0 Å². The molecule has 1 aromatic carbocycles. The fourth-order valence-electron chi connectivity index (χ4n) is 1.23. The predicted octanol–water partition coefficient (Wildman–Crippen LogP) is 3.81. The quantitative estimate of drug-likeness (QED) is 0.559. The van der Waals surface area contributed by atoms with Crippen molar-refractivity contribution in [3.63, 3.8) is 0 Å². The minimum atomic E-state index is -1.53. The van der Waals surface area contributed by atoms with Gasteiger partial charge in [-0.3, -0.25) is 0 Å². The summed E-state index contributed by atoms with van der Waals surface area (Å²) in [5.74, 6) is 0.917. The second-order valence-electron chi connectivity index (χ2n) is 3.06. The molecule has 0 aliphatic carbocycles.